The second-order valence-electron chi connectivity index (χ2n) is 3.69. The largest absolute Gasteiger partial charge is 0.481 e. The molecule has 0 spiro atoms. The van der Waals surface area contributed by atoms with Crippen LogP contribution in [0.25, 0.3) is 0 Å². The zero-order valence-electron chi connectivity index (χ0n) is 9.08. The molecule has 0 saturated carbocycles. The van der Waals surface area contributed by atoms with Gasteiger partial charge in [0.15, 0.2) is 0 Å². The molecule has 2 N–H and O–H groups in total. The lowest BCUT2D eigenvalue weighted by Crippen LogP contribution is -2.15. The predicted octanol–water partition coefficient (Wildman–Crippen LogP) is 1.68. The van der Waals surface area contributed by atoms with Gasteiger partial charge >= 0.3 is 0 Å². The van der Waals surface area contributed by atoms with Crippen LogP contribution in [0.2, 0.25) is 0 Å². The number of pyridine rings is 1. The molecule has 1 rings (SSSR count). The average molecular weight is 194 g/mol. The van der Waals surface area contributed by atoms with Crippen molar-refractivity contribution in [2.24, 2.45) is 5.73 Å². The first kappa shape index (κ1) is 11.0. The van der Waals surface area contributed by atoms with E-state index < -0.39 is 0 Å². The van der Waals surface area contributed by atoms with E-state index in [1.54, 1.807) is 7.11 Å². The SMILES string of the molecule is COc1ncc(CC[C@H](C)N)cc1C. The predicted molar refractivity (Wildman–Crippen MR) is 57.5 cm³/mol. The number of nitrogens with zero attached hydrogens (tertiary/aromatic N) is 1. The Morgan fingerprint density at radius 3 is 2.79 bits per heavy atom. The van der Waals surface area contributed by atoms with Crippen LogP contribution in [0.4, 0.5) is 0 Å². The van der Waals surface area contributed by atoms with Crippen molar-refractivity contribution >= 4 is 0 Å². The van der Waals surface area contributed by atoms with Crippen LogP contribution >= 0.6 is 0 Å². The van der Waals surface area contributed by atoms with Gasteiger partial charge in [-0.3, -0.25) is 0 Å². The minimum atomic E-state index is 0.248. The molecule has 0 unspecified atom stereocenters. The molecule has 0 radical (unpaired) electrons. The number of methoxy groups -OCH3 is 1. The van der Waals surface area contributed by atoms with E-state index in [-0.39, 0.29) is 6.04 Å². The number of hydrogen-bond acceptors (Lipinski definition) is 3. The van der Waals surface area contributed by atoms with Crippen molar-refractivity contribution in [3.63, 3.8) is 0 Å². The molecule has 14 heavy (non-hydrogen) atoms. The van der Waals surface area contributed by atoms with Crippen molar-refractivity contribution in [2.45, 2.75) is 32.7 Å². The third kappa shape index (κ3) is 3.00. The summed E-state index contributed by atoms with van der Waals surface area (Å²) in [4.78, 5) is 4.21. The molecule has 0 fully saturated rings. The average Bonchev–Trinajstić information content (AvgIpc) is 2.15. The lowest BCUT2D eigenvalue weighted by molar-refractivity contribution is 0.394. The highest BCUT2D eigenvalue weighted by Gasteiger charge is 2.02. The second-order valence-corrected chi connectivity index (χ2v) is 3.69. The van der Waals surface area contributed by atoms with Crippen LogP contribution in [0.15, 0.2) is 12.3 Å². The zero-order chi connectivity index (χ0) is 10.6. The van der Waals surface area contributed by atoms with Gasteiger partial charge in [0.1, 0.15) is 0 Å². The quantitative estimate of drug-likeness (QED) is 0.793. The molecule has 1 atom stereocenters. The number of aryl methyl sites for hydroxylation is 2. The summed E-state index contributed by atoms with van der Waals surface area (Å²) >= 11 is 0. The van der Waals surface area contributed by atoms with Gasteiger partial charge in [-0.2, -0.15) is 0 Å². The maximum Gasteiger partial charge on any atom is 0.215 e. The standard InChI is InChI=1S/C11H18N2O/c1-8-6-10(5-4-9(2)12)7-13-11(8)14-3/h6-7,9H,4-5,12H2,1-3H3/t9-/m0/s1. The lowest BCUT2D eigenvalue weighted by atomic mass is 10.1. The van der Waals surface area contributed by atoms with E-state index in [2.05, 4.69) is 11.1 Å². The number of ether oxygens (including phenoxy) is 1. The van der Waals surface area contributed by atoms with E-state index in [1.807, 2.05) is 20.0 Å². The number of hydrogen-bond donors (Lipinski definition) is 1. The Morgan fingerprint density at radius 2 is 2.29 bits per heavy atom. The summed E-state index contributed by atoms with van der Waals surface area (Å²) < 4.78 is 5.09. The first-order valence-electron chi connectivity index (χ1n) is 4.88. The molecule has 1 heterocycles. The molecule has 0 aliphatic heterocycles. The minimum absolute atomic E-state index is 0.248. The van der Waals surface area contributed by atoms with Gasteiger partial charge in [0.25, 0.3) is 0 Å². The molecule has 0 saturated heterocycles. The topological polar surface area (TPSA) is 48.1 Å². The summed E-state index contributed by atoms with van der Waals surface area (Å²) in [6, 6.07) is 2.35. The van der Waals surface area contributed by atoms with Crippen LogP contribution in [-0.4, -0.2) is 18.1 Å². The van der Waals surface area contributed by atoms with E-state index in [9.17, 15) is 0 Å². The molecule has 3 nitrogen and oxygen atoms in total. The molecule has 0 bridgehead atoms. The third-order valence-electron chi connectivity index (χ3n) is 2.17. The van der Waals surface area contributed by atoms with Crippen molar-refractivity contribution in [3.05, 3.63) is 23.4 Å². The van der Waals surface area contributed by atoms with Crippen LogP contribution < -0.4 is 10.5 Å². The Kier molecular flexibility index (Phi) is 3.89. The second kappa shape index (κ2) is 4.96. The van der Waals surface area contributed by atoms with Crippen LogP contribution in [0.3, 0.4) is 0 Å². The van der Waals surface area contributed by atoms with Crippen molar-refractivity contribution in [1.82, 2.24) is 4.98 Å². The molecule has 3 heteroatoms. The minimum Gasteiger partial charge on any atom is -0.481 e. The van der Waals surface area contributed by atoms with E-state index in [0.29, 0.717) is 5.88 Å². The zero-order valence-corrected chi connectivity index (χ0v) is 9.08. The maximum absolute atomic E-state index is 5.69. The summed E-state index contributed by atoms with van der Waals surface area (Å²) in [6.45, 7) is 4.02. The smallest absolute Gasteiger partial charge is 0.215 e. The highest BCUT2D eigenvalue weighted by molar-refractivity contribution is 5.28. The molecule has 0 aliphatic carbocycles. The molecular formula is C11H18N2O. The van der Waals surface area contributed by atoms with Gasteiger partial charge in [0.2, 0.25) is 5.88 Å². The van der Waals surface area contributed by atoms with Gasteiger partial charge in [-0.05, 0) is 38.3 Å². The van der Waals surface area contributed by atoms with Crippen molar-refractivity contribution < 1.29 is 4.74 Å². The lowest BCUT2D eigenvalue weighted by Gasteiger charge is -2.07. The summed E-state index contributed by atoms with van der Waals surface area (Å²) in [7, 11) is 1.64. The van der Waals surface area contributed by atoms with Gasteiger partial charge in [-0.25, -0.2) is 4.98 Å². The fourth-order valence-electron chi connectivity index (χ4n) is 1.37. The molecule has 78 valence electrons. The first-order chi connectivity index (χ1) is 6.63. The monoisotopic (exact) mass is 194 g/mol. The van der Waals surface area contributed by atoms with Crippen LogP contribution in [0.5, 0.6) is 5.88 Å². The van der Waals surface area contributed by atoms with Gasteiger partial charge in [0.05, 0.1) is 7.11 Å². The highest BCUT2D eigenvalue weighted by Crippen LogP contribution is 2.15. The van der Waals surface area contributed by atoms with Gasteiger partial charge in [-0.1, -0.05) is 0 Å². The number of nitrogens with two attached hydrogens (primary N) is 1. The molecule has 0 aliphatic rings. The Hall–Kier alpha value is -1.09. The summed E-state index contributed by atoms with van der Waals surface area (Å²) in [5.74, 6) is 0.703. The Balaban J connectivity index is 2.66. The van der Waals surface area contributed by atoms with Gasteiger partial charge in [0, 0.05) is 17.8 Å². The van der Waals surface area contributed by atoms with E-state index >= 15 is 0 Å². The summed E-state index contributed by atoms with van der Waals surface area (Å²) in [6.07, 6.45) is 3.83. The van der Waals surface area contributed by atoms with Crippen LogP contribution in [0.1, 0.15) is 24.5 Å². The number of rotatable bonds is 4. The molecule has 1 aromatic heterocycles. The molecule has 0 aromatic carbocycles. The van der Waals surface area contributed by atoms with Crippen molar-refractivity contribution in [2.75, 3.05) is 7.11 Å². The molecular weight excluding hydrogens is 176 g/mol. The Labute approximate surface area is 85.3 Å². The Morgan fingerprint density at radius 1 is 1.57 bits per heavy atom. The summed E-state index contributed by atoms with van der Waals surface area (Å²) in [5, 5.41) is 0. The van der Waals surface area contributed by atoms with Crippen molar-refractivity contribution in [1.29, 1.82) is 0 Å². The molecule has 0 amide bonds. The van der Waals surface area contributed by atoms with Crippen LogP contribution in [0, 0.1) is 6.92 Å². The summed E-state index contributed by atoms with van der Waals surface area (Å²) in [5.41, 5.74) is 7.99. The maximum atomic E-state index is 5.69. The Bertz CT molecular complexity index is 297. The van der Waals surface area contributed by atoms with Gasteiger partial charge in [-0.15, -0.1) is 0 Å². The molecule has 1 aromatic rings. The normalized spacial score (nSPS) is 12.6. The number of aromatic nitrogens is 1. The first-order valence-corrected chi connectivity index (χ1v) is 4.88. The highest BCUT2D eigenvalue weighted by atomic mass is 16.5. The fraction of sp³-hybridized carbons (Fsp3) is 0.545. The van der Waals surface area contributed by atoms with E-state index in [4.69, 9.17) is 10.5 Å². The van der Waals surface area contributed by atoms with Gasteiger partial charge < -0.3 is 10.5 Å². The van der Waals surface area contributed by atoms with E-state index in [1.165, 1.54) is 5.56 Å². The van der Waals surface area contributed by atoms with Crippen LogP contribution in [-0.2, 0) is 6.42 Å². The van der Waals surface area contributed by atoms with Crippen molar-refractivity contribution in [3.8, 4) is 5.88 Å². The fourth-order valence-corrected chi connectivity index (χ4v) is 1.37. The third-order valence-corrected chi connectivity index (χ3v) is 2.17. The van der Waals surface area contributed by atoms with E-state index in [0.717, 1.165) is 18.4 Å².